The van der Waals surface area contributed by atoms with E-state index in [1.807, 2.05) is 0 Å². The summed E-state index contributed by atoms with van der Waals surface area (Å²) in [6.07, 6.45) is 6.94. The standard InChI is InChI=1S/C6H6O2S/c7-9(8)5-1-2-6(9)4-3-5/h1-6H. The van der Waals surface area contributed by atoms with Crippen LogP contribution in [0.5, 0.6) is 0 Å². The molecule has 0 aromatic rings. The average Bonchev–Trinajstić information content (AvgIpc) is 2.24. The van der Waals surface area contributed by atoms with Gasteiger partial charge in [0.25, 0.3) is 0 Å². The van der Waals surface area contributed by atoms with Gasteiger partial charge >= 0.3 is 0 Å². The summed E-state index contributed by atoms with van der Waals surface area (Å²) in [6, 6.07) is 0. The van der Waals surface area contributed by atoms with E-state index >= 15 is 0 Å². The lowest BCUT2D eigenvalue weighted by molar-refractivity contribution is 0.597. The molecule has 2 aliphatic heterocycles. The Bertz CT molecular complexity index is 248. The molecule has 0 saturated heterocycles. The normalized spacial score (nSPS) is 42.2. The molecule has 3 heteroatoms. The summed E-state index contributed by atoms with van der Waals surface area (Å²) in [5.74, 6) is 0. The lowest BCUT2D eigenvalue weighted by Gasteiger charge is -1.96. The Hall–Kier alpha value is -0.570. The first-order valence-corrected chi connectivity index (χ1v) is 4.41. The van der Waals surface area contributed by atoms with Gasteiger partial charge in [-0.25, -0.2) is 8.42 Å². The molecule has 2 rings (SSSR count). The second-order valence-electron chi connectivity index (χ2n) is 2.29. The minimum Gasteiger partial charge on any atom is -0.227 e. The Labute approximate surface area is 53.8 Å². The number of fused-ring (bicyclic) bond motifs is 2. The minimum absolute atomic E-state index is 0.303. The minimum atomic E-state index is -2.81. The molecule has 0 saturated carbocycles. The molecule has 0 amide bonds. The highest BCUT2D eigenvalue weighted by molar-refractivity contribution is 7.93. The molecule has 2 aliphatic rings. The van der Waals surface area contributed by atoms with Crippen molar-refractivity contribution in [1.29, 1.82) is 0 Å². The summed E-state index contributed by atoms with van der Waals surface area (Å²) in [7, 11) is -2.81. The largest absolute Gasteiger partial charge is 0.227 e. The van der Waals surface area contributed by atoms with Crippen molar-refractivity contribution in [3.63, 3.8) is 0 Å². The highest BCUT2D eigenvalue weighted by Crippen LogP contribution is 2.28. The van der Waals surface area contributed by atoms with Crippen molar-refractivity contribution in [2.24, 2.45) is 0 Å². The van der Waals surface area contributed by atoms with Crippen molar-refractivity contribution in [3.8, 4) is 0 Å². The zero-order valence-corrected chi connectivity index (χ0v) is 5.51. The van der Waals surface area contributed by atoms with E-state index in [0.29, 0.717) is 0 Å². The van der Waals surface area contributed by atoms with Gasteiger partial charge in [0.1, 0.15) is 0 Å². The third-order valence-corrected chi connectivity index (χ3v) is 3.89. The number of sulfone groups is 1. The van der Waals surface area contributed by atoms with Gasteiger partial charge in [-0.05, 0) is 0 Å². The Kier molecular flexibility index (Phi) is 0.750. The summed E-state index contributed by atoms with van der Waals surface area (Å²) in [5.41, 5.74) is 0. The van der Waals surface area contributed by atoms with E-state index in [0.717, 1.165) is 0 Å². The van der Waals surface area contributed by atoms with Gasteiger partial charge in [-0.1, -0.05) is 24.3 Å². The third-order valence-electron chi connectivity index (χ3n) is 1.74. The molecule has 2 heterocycles. The van der Waals surface area contributed by atoms with Crippen molar-refractivity contribution in [2.75, 3.05) is 0 Å². The van der Waals surface area contributed by atoms with E-state index in [-0.39, 0.29) is 10.5 Å². The molecule has 0 radical (unpaired) electrons. The van der Waals surface area contributed by atoms with E-state index in [1.165, 1.54) is 0 Å². The molecule has 2 nitrogen and oxygen atoms in total. The first-order chi connectivity index (χ1) is 4.21. The predicted octanol–water partition coefficient (Wildman–Crippen LogP) is 0.278. The monoisotopic (exact) mass is 142 g/mol. The fourth-order valence-corrected chi connectivity index (χ4v) is 2.79. The van der Waals surface area contributed by atoms with Crippen molar-refractivity contribution in [1.82, 2.24) is 0 Å². The fraction of sp³-hybridized carbons (Fsp3) is 0.333. The first-order valence-electron chi connectivity index (χ1n) is 2.80. The van der Waals surface area contributed by atoms with Crippen LogP contribution in [0.1, 0.15) is 0 Å². The molecule has 0 aromatic carbocycles. The van der Waals surface area contributed by atoms with E-state index < -0.39 is 9.84 Å². The van der Waals surface area contributed by atoms with E-state index in [2.05, 4.69) is 0 Å². The average molecular weight is 142 g/mol. The molecule has 9 heavy (non-hydrogen) atoms. The van der Waals surface area contributed by atoms with E-state index in [1.54, 1.807) is 24.3 Å². The Morgan fingerprint density at radius 2 is 1.22 bits per heavy atom. The molecule has 0 unspecified atom stereocenters. The molecule has 48 valence electrons. The number of hydrogen-bond donors (Lipinski definition) is 0. The fourth-order valence-electron chi connectivity index (χ4n) is 1.19. The van der Waals surface area contributed by atoms with Crippen molar-refractivity contribution in [2.45, 2.75) is 10.5 Å². The Balaban J connectivity index is 2.65. The molecule has 0 N–H and O–H groups in total. The van der Waals surface area contributed by atoms with Crippen LogP contribution in [0.3, 0.4) is 0 Å². The Morgan fingerprint density at radius 1 is 0.889 bits per heavy atom. The Morgan fingerprint density at radius 3 is 1.33 bits per heavy atom. The summed E-state index contributed by atoms with van der Waals surface area (Å²) < 4.78 is 22.1. The van der Waals surface area contributed by atoms with Gasteiger partial charge in [-0.3, -0.25) is 0 Å². The molecule has 0 aromatic heterocycles. The van der Waals surface area contributed by atoms with Gasteiger partial charge in [0.15, 0.2) is 9.84 Å². The molecule has 0 atom stereocenters. The van der Waals surface area contributed by atoms with Gasteiger partial charge in [0, 0.05) is 0 Å². The van der Waals surface area contributed by atoms with Gasteiger partial charge in [0.2, 0.25) is 0 Å². The van der Waals surface area contributed by atoms with Crippen LogP contribution in [-0.4, -0.2) is 18.9 Å². The van der Waals surface area contributed by atoms with Crippen molar-refractivity contribution >= 4 is 9.84 Å². The predicted molar refractivity (Wildman–Crippen MR) is 34.8 cm³/mol. The second-order valence-corrected chi connectivity index (χ2v) is 4.55. The van der Waals surface area contributed by atoms with Gasteiger partial charge in [-0.2, -0.15) is 0 Å². The van der Waals surface area contributed by atoms with Crippen LogP contribution in [0.25, 0.3) is 0 Å². The van der Waals surface area contributed by atoms with Crippen LogP contribution in [-0.2, 0) is 9.84 Å². The molecule has 2 bridgehead atoms. The molecule has 0 aliphatic carbocycles. The van der Waals surface area contributed by atoms with Crippen LogP contribution in [0.15, 0.2) is 24.3 Å². The van der Waals surface area contributed by atoms with Gasteiger partial charge in [-0.15, -0.1) is 0 Å². The second kappa shape index (κ2) is 1.29. The van der Waals surface area contributed by atoms with Crippen LogP contribution in [0.4, 0.5) is 0 Å². The molecular weight excluding hydrogens is 136 g/mol. The summed E-state index contributed by atoms with van der Waals surface area (Å²) >= 11 is 0. The zero-order valence-electron chi connectivity index (χ0n) is 4.69. The number of rotatable bonds is 0. The summed E-state index contributed by atoms with van der Waals surface area (Å²) in [5, 5.41) is -0.606. The van der Waals surface area contributed by atoms with Crippen LogP contribution >= 0.6 is 0 Å². The third kappa shape index (κ3) is 0.477. The smallest absolute Gasteiger partial charge is 0.170 e. The number of hydrogen-bond acceptors (Lipinski definition) is 2. The van der Waals surface area contributed by atoms with E-state index in [9.17, 15) is 8.42 Å². The maximum absolute atomic E-state index is 11.0. The van der Waals surface area contributed by atoms with Crippen LogP contribution in [0.2, 0.25) is 0 Å². The SMILES string of the molecule is O=S1(=O)C2C=CC1C=C2. The molecular formula is C6H6O2S. The van der Waals surface area contributed by atoms with Crippen LogP contribution < -0.4 is 0 Å². The maximum atomic E-state index is 11.0. The summed E-state index contributed by atoms with van der Waals surface area (Å²) in [4.78, 5) is 0. The van der Waals surface area contributed by atoms with Crippen molar-refractivity contribution < 1.29 is 8.42 Å². The zero-order chi connectivity index (χ0) is 6.48. The quantitative estimate of drug-likeness (QED) is 0.455. The van der Waals surface area contributed by atoms with E-state index in [4.69, 9.17) is 0 Å². The maximum Gasteiger partial charge on any atom is 0.170 e. The van der Waals surface area contributed by atoms with Crippen molar-refractivity contribution in [3.05, 3.63) is 24.3 Å². The lowest BCUT2D eigenvalue weighted by Crippen LogP contribution is -2.14. The highest BCUT2D eigenvalue weighted by atomic mass is 32.2. The molecule has 0 spiro atoms. The topological polar surface area (TPSA) is 34.1 Å². The van der Waals surface area contributed by atoms with Crippen LogP contribution in [0, 0.1) is 0 Å². The molecule has 0 fully saturated rings. The highest BCUT2D eigenvalue weighted by Gasteiger charge is 2.37. The van der Waals surface area contributed by atoms with Gasteiger partial charge in [0.05, 0.1) is 10.5 Å². The summed E-state index contributed by atoms with van der Waals surface area (Å²) in [6.45, 7) is 0. The lowest BCUT2D eigenvalue weighted by atomic mass is 10.2. The van der Waals surface area contributed by atoms with Gasteiger partial charge < -0.3 is 0 Å². The first kappa shape index (κ1) is 5.23.